The van der Waals surface area contributed by atoms with Gasteiger partial charge in [0.2, 0.25) is 5.95 Å². The quantitative estimate of drug-likeness (QED) is 0.854. The molecule has 0 unspecified atom stereocenters. The molecule has 6 heteroatoms. The highest BCUT2D eigenvalue weighted by atomic mass is 19.1. The number of anilines is 2. The molecule has 2 heterocycles. The number of aliphatic hydroxyl groups is 1. The minimum Gasteiger partial charge on any atom is -0.393 e. The fourth-order valence-corrected chi connectivity index (χ4v) is 2.09. The normalized spacial score (nSPS) is 20.7. The molecule has 100 valence electrons. The van der Waals surface area contributed by atoms with Gasteiger partial charge in [-0.3, -0.25) is 0 Å². The van der Waals surface area contributed by atoms with Crippen molar-refractivity contribution in [3.63, 3.8) is 0 Å². The summed E-state index contributed by atoms with van der Waals surface area (Å²) in [6.45, 7) is 1.51. The van der Waals surface area contributed by atoms with E-state index in [0.29, 0.717) is 24.7 Å². The van der Waals surface area contributed by atoms with E-state index in [-0.39, 0.29) is 6.10 Å². The highest BCUT2D eigenvalue weighted by Gasteiger charge is 2.18. The maximum absolute atomic E-state index is 13.5. The fraction of sp³-hybridized carbons (Fsp3) is 0.667. The van der Waals surface area contributed by atoms with Gasteiger partial charge in [-0.1, -0.05) is 0 Å². The Balaban J connectivity index is 2.19. The molecule has 0 amide bonds. The molecular weight excluding hydrogens is 235 g/mol. The molecule has 1 aliphatic heterocycles. The molecule has 1 aromatic rings. The first-order valence-corrected chi connectivity index (χ1v) is 6.21. The van der Waals surface area contributed by atoms with Crippen LogP contribution in [0.5, 0.6) is 0 Å². The molecule has 1 fully saturated rings. The summed E-state index contributed by atoms with van der Waals surface area (Å²) in [7, 11) is 3.50. The van der Waals surface area contributed by atoms with Crippen LogP contribution in [-0.2, 0) is 0 Å². The number of nitrogens with zero attached hydrogens (tertiary/aromatic N) is 4. The molecule has 18 heavy (non-hydrogen) atoms. The summed E-state index contributed by atoms with van der Waals surface area (Å²) < 4.78 is 13.5. The topological polar surface area (TPSA) is 52.5 Å². The van der Waals surface area contributed by atoms with Crippen molar-refractivity contribution >= 4 is 11.8 Å². The van der Waals surface area contributed by atoms with E-state index in [1.165, 1.54) is 6.20 Å². The molecule has 1 atom stereocenters. The second kappa shape index (κ2) is 5.48. The number of rotatable bonds is 2. The van der Waals surface area contributed by atoms with E-state index in [0.717, 1.165) is 19.4 Å². The van der Waals surface area contributed by atoms with Gasteiger partial charge in [-0.05, 0) is 19.3 Å². The molecule has 1 N–H and O–H groups in total. The van der Waals surface area contributed by atoms with Crippen LogP contribution in [0.1, 0.15) is 19.3 Å². The van der Waals surface area contributed by atoms with E-state index >= 15 is 0 Å². The first-order chi connectivity index (χ1) is 8.58. The van der Waals surface area contributed by atoms with Gasteiger partial charge in [-0.25, -0.2) is 9.37 Å². The zero-order valence-corrected chi connectivity index (χ0v) is 10.8. The maximum Gasteiger partial charge on any atom is 0.227 e. The summed E-state index contributed by atoms with van der Waals surface area (Å²) in [5.41, 5.74) is 0. The van der Waals surface area contributed by atoms with Gasteiger partial charge >= 0.3 is 0 Å². The standard InChI is InChI=1S/C12H19FN4O/c1-16(2)11-10(13)8-14-12(15-11)17-6-3-4-9(18)5-7-17/h8-9,18H,3-7H2,1-2H3/t9-/m0/s1. The lowest BCUT2D eigenvalue weighted by Gasteiger charge is -2.22. The Kier molecular flexibility index (Phi) is 3.96. The fourth-order valence-electron chi connectivity index (χ4n) is 2.09. The summed E-state index contributed by atoms with van der Waals surface area (Å²) in [6, 6.07) is 0. The van der Waals surface area contributed by atoms with Crippen LogP contribution < -0.4 is 9.80 Å². The van der Waals surface area contributed by atoms with Crippen molar-refractivity contribution in [1.29, 1.82) is 0 Å². The number of hydrogen-bond acceptors (Lipinski definition) is 5. The molecule has 1 saturated heterocycles. The number of aromatic nitrogens is 2. The van der Waals surface area contributed by atoms with E-state index in [2.05, 4.69) is 9.97 Å². The van der Waals surface area contributed by atoms with Crippen LogP contribution in [0, 0.1) is 5.82 Å². The molecule has 0 aromatic carbocycles. The predicted molar refractivity (Wildman–Crippen MR) is 68.4 cm³/mol. The molecule has 0 bridgehead atoms. The van der Waals surface area contributed by atoms with Gasteiger partial charge in [0.1, 0.15) is 0 Å². The second-order valence-electron chi connectivity index (χ2n) is 4.81. The molecule has 1 aliphatic rings. The third-order valence-electron chi connectivity index (χ3n) is 3.12. The lowest BCUT2D eigenvalue weighted by atomic mass is 10.2. The molecular formula is C12H19FN4O. The van der Waals surface area contributed by atoms with E-state index in [4.69, 9.17) is 0 Å². The third-order valence-corrected chi connectivity index (χ3v) is 3.12. The summed E-state index contributed by atoms with van der Waals surface area (Å²) in [6.07, 6.45) is 3.37. The average molecular weight is 254 g/mol. The van der Waals surface area contributed by atoms with Crippen molar-refractivity contribution in [2.45, 2.75) is 25.4 Å². The Morgan fingerprint density at radius 3 is 2.89 bits per heavy atom. The Labute approximate surface area is 106 Å². The first-order valence-electron chi connectivity index (χ1n) is 6.21. The smallest absolute Gasteiger partial charge is 0.227 e. The maximum atomic E-state index is 13.5. The number of aliphatic hydroxyl groups excluding tert-OH is 1. The zero-order valence-electron chi connectivity index (χ0n) is 10.8. The summed E-state index contributed by atoms with van der Waals surface area (Å²) in [5.74, 6) is 0.414. The van der Waals surface area contributed by atoms with Crippen molar-refractivity contribution in [2.24, 2.45) is 0 Å². The SMILES string of the molecule is CN(C)c1nc(N2CCC[C@H](O)CC2)ncc1F. The average Bonchev–Trinajstić information content (AvgIpc) is 2.54. The van der Waals surface area contributed by atoms with E-state index < -0.39 is 5.82 Å². The molecule has 0 radical (unpaired) electrons. The van der Waals surface area contributed by atoms with Crippen LogP contribution in [0.4, 0.5) is 16.2 Å². The van der Waals surface area contributed by atoms with Crippen LogP contribution in [0.15, 0.2) is 6.20 Å². The summed E-state index contributed by atoms with van der Waals surface area (Å²) in [5, 5.41) is 9.61. The second-order valence-corrected chi connectivity index (χ2v) is 4.81. The molecule has 2 rings (SSSR count). The highest BCUT2D eigenvalue weighted by Crippen LogP contribution is 2.20. The van der Waals surface area contributed by atoms with Gasteiger partial charge in [0.25, 0.3) is 0 Å². The van der Waals surface area contributed by atoms with E-state index in [9.17, 15) is 9.50 Å². The minimum absolute atomic E-state index is 0.247. The largest absolute Gasteiger partial charge is 0.393 e. The molecule has 1 aromatic heterocycles. The molecule has 0 spiro atoms. The Bertz CT molecular complexity index is 413. The Morgan fingerprint density at radius 1 is 1.39 bits per heavy atom. The van der Waals surface area contributed by atoms with Crippen LogP contribution in [0.25, 0.3) is 0 Å². The zero-order chi connectivity index (χ0) is 13.1. The van der Waals surface area contributed by atoms with Crippen LogP contribution in [0.2, 0.25) is 0 Å². The highest BCUT2D eigenvalue weighted by molar-refractivity contribution is 5.43. The van der Waals surface area contributed by atoms with Gasteiger partial charge in [0.15, 0.2) is 11.6 Å². The van der Waals surface area contributed by atoms with E-state index in [1.807, 2.05) is 4.90 Å². The summed E-state index contributed by atoms with van der Waals surface area (Å²) in [4.78, 5) is 11.9. The van der Waals surface area contributed by atoms with Crippen molar-refractivity contribution in [3.05, 3.63) is 12.0 Å². The Hall–Kier alpha value is -1.43. The van der Waals surface area contributed by atoms with Crippen LogP contribution in [-0.4, -0.2) is 48.4 Å². The monoisotopic (exact) mass is 254 g/mol. The van der Waals surface area contributed by atoms with Gasteiger partial charge in [0, 0.05) is 27.2 Å². The van der Waals surface area contributed by atoms with Gasteiger partial charge in [0.05, 0.1) is 12.3 Å². The van der Waals surface area contributed by atoms with Crippen LogP contribution >= 0.6 is 0 Å². The lowest BCUT2D eigenvalue weighted by molar-refractivity contribution is 0.161. The van der Waals surface area contributed by atoms with Crippen molar-refractivity contribution in [1.82, 2.24) is 9.97 Å². The lowest BCUT2D eigenvalue weighted by Crippen LogP contribution is -2.27. The summed E-state index contributed by atoms with van der Waals surface area (Å²) >= 11 is 0. The number of halogens is 1. The molecule has 5 nitrogen and oxygen atoms in total. The first kappa shape index (κ1) is 13.0. The predicted octanol–water partition coefficient (Wildman–Crippen LogP) is 1.03. The van der Waals surface area contributed by atoms with Crippen molar-refractivity contribution in [2.75, 3.05) is 37.0 Å². The Morgan fingerprint density at radius 2 is 2.17 bits per heavy atom. The third kappa shape index (κ3) is 2.87. The van der Waals surface area contributed by atoms with E-state index in [1.54, 1.807) is 19.0 Å². The molecule has 0 aliphatic carbocycles. The van der Waals surface area contributed by atoms with Gasteiger partial charge in [-0.2, -0.15) is 4.98 Å². The van der Waals surface area contributed by atoms with Gasteiger partial charge in [-0.15, -0.1) is 0 Å². The van der Waals surface area contributed by atoms with Crippen molar-refractivity contribution in [3.8, 4) is 0 Å². The van der Waals surface area contributed by atoms with Gasteiger partial charge < -0.3 is 14.9 Å². The minimum atomic E-state index is -0.418. The van der Waals surface area contributed by atoms with Crippen molar-refractivity contribution < 1.29 is 9.50 Å². The number of hydrogen-bond donors (Lipinski definition) is 1. The van der Waals surface area contributed by atoms with Crippen LogP contribution in [0.3, 0.4) is 0 Å². The molecule has 0 saturated carbocycles.